The SMILES string of the molecule is Cc1cc(Cl)c2nc(C3C4Oc5ccc(Oc6ccnc7c6CCC(=O)N7)cc5C43)[nH]c2c1.Cc1cc2[nH]c(C3C4Oc5ccc(Oc6ccnc7c6CCC(=O)N7)cc5C43)nc2cc1F.Cc1ccc2nc(C3C4Oc5ccc(Oc6ccnc7c6CCC(=O)N7)cc5C43)[nH]c2c1.Cc1ccc2nc(C3C4Oc5ccc(Oc6ccnc7c6CCC(=O)N7)cc5C43)[nH]c2c1. The number of anilines is 4. The highest BCUT2D eigenvalue weighted by Gasteiger charge is 2.64. The van der Waals surface area contributed by atoms with Crippen molar-refractivity contribution < 1.29 is 61.5 Å². The maximum absolute atomic E-state index is 13.9. The first-order chi connectivity index (χ1) is 63.4. The number of carbonyl (C=O) groups excluding carboxylic acids is 4. The number of rotatable bonds is 12. The van der Waals surface area contributed by atoms with Crippen molar-refractivity contribution >= 4 is 103 Å². The average molecular weight is 1750 g/mol. The molecule has 16 heterocycles. The number of H-pyrrole nitrogens is 4. The van der Waals surface area contributed by atoms with Crippen molar-refractivity contribution in [1.29, 1.82) is 0 Å². The van der Waals surface area contributed by atoms with Crippen LogP contribution in [0.4, 0.5) is 27.7 Å². The van der Waals surface area contributed by atoms with Gasteiger partial charge in [-0.25, -0.2) is 44.3 Å². The van der Waals surface area contributed by atoms with Gasteiger partial charge < -0.3 is 79.1 Å². The quantitative estimate of drug-likeness (QED) is 0.0563. The standard InChI is InChI=1S/C25H19ClN4O3.C25H19FN4O3.2C25H20N4O3/c1-11-8-15(26)22-16(9-11)28-25(30-22)21-20-14-10-12(2-4-17(14)33-23(20)21)32-18-6-7-27-24-13(18)3-5-19(31)29-24;1-11-8-16-17(10-15(11)26)29-25(28-16)22-21-14-9-12(2-4-18(14)33-23(21)22)32-19-6-7-27-24-13(19)3-5-20(31)30-24;2*1-12-2-5-16-17(10-12)28-25(27-16)22-21-15-11-13(3-6-18(15)32-23(21)22)31-19-8-9-26-24-14(19)4-7-20(30)29-24/h2,4,6-10,20-21,23H,3,5H2,1H3,(H,28,30)(H,27,29,31);2,4,6-10,21-23H,3,5H2,1H3,(H,28,29)(H,27,30,31);2*2-3,5-6,8-11,21-23H,4,7H2,1H3,(H,27,28)(H,26,29,30). The zero-order valence-corrected chi connectivity index (χ0v) is 70.9. The van der Waals surface area contributed by atoms with Gasteiger partial charge in [0.25, 0.3) is 0 Å². The maximum atomic E-state index is 13.9. The molecule has 0 saturated heterocycles. The van der Waals surface area contributed by atoms with Crippen molar-refractivity contribution in [3.63, 3.8) is 0 Å². The number of halogens is 2. The number of pyridine rings is 4. The fourth-order valence-electron chi connectivity index (χ4n) is 20.1. The van der Waals surface area contributed by atoms with Gasteiger partial charge in [0.2, 0.25) is 23.6 Å². The van der Waals surface area contributed by atoms with Crippen LogP contribution in [0, 0.1) is 33.5 Å². The molecule has 4 amide bonds. The number of aryl methyl sites for hydroxylation is 4. The first-order valence-corrected chi connectivity index (χ1v) is 44.0. The van der Waals surface area contributed by atoms with Crippen LogP contribution in [0.1, 0.15) is 163 Å². The van der Waals surface area contributed by atoms with Crippen molar-refractivity contribution in [2.45, 2.75) is 151 Å². The maximum Gasteiger partial charge on any atom is 0.225 e. The van der Waals surface area contributed by atoms with E-state index < -0.39 is 0 Å². The predicted molar refractivity (Wildman–Crippen MR) is 479 cm³/mol. The van der Waals surface area contributed by atoms with Gasteiger partial charge in [-0.3, -0.25) is 19.2 Å². The fourth-order valence-corrected chi connectivity index (χ4v) is 20.5. The zero-order chi connectivity index (χ0) is 87.3. The number of nitrogens with one attached hydrogen (secondary N) is 8. The van der Waals surface area contributed by atoms with Crippen LogP contribution in [0.25, 0.3) is 44.1 Å². The van der Waals surface area contributed by atoms with Gasteiger partial charge in [0.1, 0.15) is 151 Å². The molecule has 8 N–H and O–H groups in total. The third kappa shape index (κ3) is 13.5. The van der Waals surface area contributed by atoms with E-state index in [1.807, 2.05) is 97.9 Å². The molecule has 12 unspecified atom stereocenters. The highest BCUT2D eigenvalue weighted by Crippen LogP contribution is 2.67. The van der Waals surface area contributed by atoms with Gasteiger partial charge in [0, 0.05) is 125 Å². The topological polar surface area (TPSA) is 357 Å². The van der Waals surface area contributed by atoms with Gasteiger partial charge >= 0.3 is 0 Å². The van der Waals surface area contributed by atoms with Gasteiger partial charge in [0.15, 0.2) is 0 Å². The van der Waals surface area contributed by atoms with Crippen LogP contribution in [-0.4, -0.2) is 108 Å². The number of hydrogen-bond donors (Lipinski definition) is 8. The lowest BCUT2D eigenvalue weighted by Crippen LogP contribution is -2.20. The molecule has 644 valence electrons. The summed E-state index contributed by atoms with van der Waals surface area (Å²) < 4.78 is 63.6. The van der Waals surface area contributed by atoms with E-state index in [9.17, 15) is 23.6 Å². The molecular formula is C100H78ClFN16O12. The van der Waals surface area contributed by atoms with E-state index in [2.05, 4.69) is 135 Å². The average Bonchev–Trinajstić information content (AvgIpc) is 1.56. The summed E-state index contributed by atoms with van der Waals surface area (Å²) in [5, 5.41) is 11.9. The van der Waals surface area contributed by atoms with Crippen molar-refractivity contribution in [1.82, 2.24) is 59.8 Å². The van der Waals surface area contributed by atoms with E-state index >= 15 is 0 Å². The van der Waals surface area contributed by atoms with E-state index in [-0.39, 0.29) is 101 Å². The first-order valence-electron chi connectivity index (χ1n) is 43.7. The smallest absolute Gasteiger partial charge is 0.225 e. The Labute approximate surface area is 744 Å². The number of benzene rings is 8. The molecular weight excluding hydrogens is 1670 g/mol. The number of imidazole rings is 4. The molecule has 0 spiro atoms. The van der Waals surface area contributed by atoms with Crippen LogP contribution in [0.2, 0.25) is 5.02 Å². The molecule has 12 atom stereocenters. The number of nitrogens with zero attached hydrogens (tertiary/aromatic N) is 8. The minimum absolute atomic E-state index is 0.0107. The van der Waals surface area contributed by atoms with Crippen molar-refractivity contribution in [3.8, 4) is 69.0 Å². The zero-order valence-electron chi connectivity index (χ0n) is 70.1. The lowest BCUT2D eigenvalue weighted by Gasteiger charge is -2.19. The predicted octanol–water partition coefficient (Wildman–Crippen LogP) is 19.1. The van der Waals surface area contributed by atoms with Crippen LogP contribution in [0.15, 0.2) is 183 Å². The van der Waals surface area contributed by atoms with Crippen LogP contribution in [0.5, 0.6) is 69.0 Å². The molecule has 4 saturated carbocycles. The summed E-state index contributed by atoms with van der Waals surface area (Å²) in [6.45, 7) is 7.93. The molecule has 28 rings (SSSR count). The van der Waals surface area contributed by atoms with E-state index in [0.717, 1.165) is 164 Å². The Morgan fingerprint density at radius 1 is 0.331 bits per heavy atom. The molecule has 4 fully saturated rings. The van der Waals surface area contributed by atoms with Gasteiger partial charge in [-0.05, 0) is 215 Å². The largest absolute Gasteiger partial charge is 0.489 e. The number of amides is 4. The van der Waals surface area contributed by atoms with Crippen LogP contribution in [-0.2, 0) is 44.9 Å². The number of carbonyl (C=O) groups is 4. The number of hydrogen-bond acceptors (Lipinski definition) is 20. The molecule has 130 heavy (non-hydrogen) atoms. The van der Waals surface area contributed by atoms with Gasteiger partial charge in [-0.2, -0.15) is 0 Å². The second kappa shape index (κ2) is 29.7. The molecule has 12 aliphatic rings. The molecule has 8 aromatic heterocycles. The Bertz CT molecular complexity index is 7320. The summed E-state index contributed by atoms with van der Waals surface area (Å²) >= 11 is 6.40. The monoisotopic (exact) mass is 1750 g/mol. The van der Waals surface area contributed by atoms with E-state index in [4.69, 9.17) is 64.4 Å². The molecule has 0 radical (unpaired) electrons. The molecule has 4 aliphatic carbocycles. The summed E-state index contributed by atoms with van der Waals surface area (Å²) in [6.07, 6.45) is 11.1. The molecule has 16 aromatic rings. The molecule has 30 heteroatoms. The summed E-state index contributed by atoms with van der Waals surface area (Å²) in [5.41, 5.74) is 19.7. The number of aromatic amines is 4. The Morgan fingerprint density at radius 3 is 1.00 bits per heavy atom. The summed E-state index contributed by atoms with van der Waals surface area (Å²) in [6, 6.07) is 50.8. The van der Waals surface area contributed by atoms with Crippen molar-refractivity contribution in [2.24, 2.45) is 0 Å². The Morgan fingerprint density at radius 2 is 0.646 bits per heavy atom. The van der Waals surface area contributed by atoms with E-state index in [1.165, 1.54) is 17.2 Å². The fraction of sp³-hybridized carbons (Fsp3) is 0.240. The van der Waals surface area contributed by atoms with Crippen LogP contribution in [0.3, 0.4) is 0 Å². The highest BCUT2D eigenvalue weighted by atomic mass is 35.5. The van der Waals surface area contributed by atoms with E-state index in [0.29, 0.717) is 108 Å². The van der Waals surface area contributed by atoms with Gasteiger partial charge in [-0.15, -0.1) is 0 Å². The minimum Gasteiger partial charge on any atom is -0.489 e. The summed E-state index contributed by atoms with van der Waals surface area (Å²) in [7, 11) is 0. The Kier molecular flexibility index (Phi) is 17.6. The highest BCUT2D eigenvalue weighted by molar-refractivity contribution is 6.35. The van der Waals surface area contributed by atoms with Crippen LogP contribution >= 0.6 is 11.6 Å². The lowest BCUT2D eigenvalue weighted by atomic mass is 10.1. The summed E-state index contributed by atoms with van der Waals surface area (Å²) in [4.78, 5) is 96.5. The van der Waals surface area contributed by atoms with Gasteiger partial charge in [-0.1, -0.05) is 23.7 Å². The van der Waals surface area contributed by atoms with E-state index in [1.54, 1.807) is 37.8 Å². The molecule has 28 nitrogen and oxygen atoms in total. The minimum atomic E-state index is -0.252. The van der Waals surface area contributed by atoms with Gasteiger partial charge in [0.05, 0.1) is 67.3 Å². The normalized spacial score (nSPS) is 22.4. The van der Waals surface area contributed by atoms with Crippen molar-refractivity contribution in [3.05, 3.63) is 283 Å². The van der Waals surface area contributed by atoms with Crippen molar-refractivity contribution in [2.75, 3.05) is 21.3 Å². The third-order valence-electron chi connectivity index (χ3n) is 26.7. The Balaban J connectivity index is 0.0000000936. The molecule has 0 bridgehead atoms. The second-order valence-electron chi connectivity index (χ2n) is 35.3. The number of ether oxygens (including phenoxy) is 8. The summed E-state index contributed by atoms with van der Waals surface area (Å²) in [5.74, 6) is 16.8. The molecule has 8 aromatic carbocycles. The third-order valence-corrected chi connectivity index (χ3v) is 27.0. The second-order valence-corrected chi connectivity index (χ2v) is 35.7. The molecule has 8 aliphatic heterocycles. The first kappa shape index (κ1) is 77.1. The van der Waals surface area contributed by atoms with Crippen LogP contribution < -0.4 is 59.2 Å². The number of fused-ring (bicyclic) bond motifs is 20. The Hall–Kier alpha value is -15.3. The number of aromatic nitrogens is 12. The lowest BCUT2D eigenvalue weighted by molar-refractivity contribution is -0.117.